The first kappa shape index (κ1) is 19.5. The molecule has 4 nitrogen and oxygen atoms in total. The van der Waals surface area contributed by atoms with Crippen molar-refractivity contribution in [1.82, 2.24) is 4.41 Å². The van der Waals surface area contributed by atoms with Crippen LogP contribution in [0.1, 0.15) is 49.3 Å². The first-order chi connectivity index (χ1) is 12.9. The zero-order valence-corrected chi connectivity index (χ0v) is 16.0. The van der Waals surface area contributed by atoms with Crippen LogP contribution in [0.3, 0.4) is 0 Å². The topological polar surface area (TPSA) is 49.7 Å². The molecule has 2 aromatic rings. The molecule has 0 N–H and O–H groups in total. The van der Waals surface area contributed by atoms with Crippen LogP contribution in [-0.2, 0) is 15.8 Å². The maximum absolute atomic E-state index is 13.9. The van der Waals surface area contributed by atoms with Gasteiger partial charge in [0.25, 0.3) is 10.0 Å². The number of sulfonamides is 1. The third-order valence-corrected chi connectivity index (χ3v) is 6.10. The monoisotopic (exact) mass is 392 g/mol. The van der Waals surface area contributed by atoms with E-state index in [1.54, 1.807) is 0 Å². The van der Waals surface area contributed by atoms with Gasteiger partial charge in [-0.25, -0.2) is 17.2 Å². The van der Waals surface area contributed by atoms with Crippen LogP contribution < -0.4 is 0 Å². The molecule has 27 heavy (non-hydrogen) atoms. The highest BCUT2D eigenvalue weighted by molar-refractivity contribution is 7.88. The molecule has 0 radical (unpaired) electrons. The molecule has 2 aromatic carbocycles. The lowest BCUT2D eigenvalue weighted by atomic mass is 9.98. The first-order valence-electron chi connectivity index (χ1n) is 9.04. The van der Waals surface area contributed by atoms with E-state index in [9.17, 15) is 17.2 Å². The molecule has 144 valence electrons. The Hall–Kier alpha value is -2.28. The second-order valence-electron chi connectivity index (χ2n) is 6.62. The quantitative estimate of drug-likeness (QED) is 0.682. The van der Waals surface area contributed by atoms with Crippen LogP contribution in [0.25, 0.3) is 0 Å². The molecule has 0 fully saturated rings. The Morgan fingerprint density at radius 1 is 1.00 bits per heavy atom. The molecule has 0 amide bonds. The smallest absolute Gasteiger partial charge is 0.207 e. The minimum Gasteiger partial charge on any atom is -0.207 e. The first-order valence-corrected chi connectivity index (χ1v) is 10.7. The number of fused-ring (bicyclic) bond motifs is 1. The molecule has 0 saturated heterocycles. The largest absolute Gasteiger partial charge is 0.254 e. The van der Waals surface area contributed by atoms with Gasteiger partial charge in [0.1, 0.15) is 11.6 Å². The number of benzene rings is 2. The number of hydrogen-bond acceptors (Lipinski definition) is 3. The molecule has 0 spiro atoms. The van der Waals surface area contributed by atoms with Crippen molar-refractivity contribution in [2.24, 2.45) is 5.10 Å². The van der Waals surface area contributed by atoms with Crippen molar-refractivity contribution in [2.45, 2.75) is 38.4 Å². The van der Waals surface area contributed by atoms with Crippen LogP contribution in [0, 0.1) is 11.6 Å². The molecule has 0 atom stereocenters. The van der Waals surface area contributed by atoms with Crippen LogP contribution in [0.4, 0.5) is 8.78 Å². The van der Waals surface area contributed by atoms with Gasteiger partial charge in [-0.15, -0.1) is 0 Å². The van der Waals surface area contributed by atoms with Crippen molar-refractivity contribution >= 4 is 15.7 Å². The van der Waals surface area contributed by atoms with Crippen molar-refractivity contribution in [3.63, 3.8) is 0 Å². The Morgan fingerprint density at radius 2 is 1.70 bits per heavy atom. The Labute approximate surface area is 158 Å². The van der Waals surface area contributed by atoms with E-state index in [1.165, 1.54) is 42.5 Å². The summed E-state index contributed by atoms with van der Waals surface area (Å²) in [4.78, 5) is 0. The summed E-state index contributed by atoms with van der Waals surface area (Å²) in [6.45, 7) is 2.35. The van der Waals surface area contributed by atoms with Gasteiger partial charge in [-0.05, 0) is 48.4 Å². The molecule has 1 heterocycles. The maximum Gasteiger partial charge on any atom is 0.254 e. The maximum atomic E-state index is 13.9. The lowest BCUT2D eigenvalue weighted by Crippen LogP contribution is -2.28. The van der Waals surface area contributed by atoms with E-state index in [0.717, 1.165) is 23.7 Å². The summed E-state index contributed by atoms with van der Waals surface area (Å²) in [5.74, 6) is -1.13. The predicted molar refractivity (Wildman–Crippen MR) is 102 cm³/mol. The Balaban J connectivity index is 2.07. The van der Waals surface area contributed by atoms with Crippen LogP contribution in [-0.4, -0.2) is 25.1 Å². The van der Waals surface area contributed by atoms with E-state index >= 15 is 0 Å². The fraction of sp³-hybridized carbons (Fsp3) is 0.350. The van der Waals surface area contributed by atoms with Crippen molar-refractivity contribution in [2.75, 3.05) is 6.54 Å². The number of rotatable bonds is 6. The molecular weight excluding hydrogens is 370 g/mol. The normalized spacial score (nSPS) is 15.8. The number of halogens is 2. The van der Waals surface area contributed by atoms with E-state index in [0.29, 0.717) is 28.8 Å². The molecule has 0 saturated carbocycles. The second-order valence-corrected chi connectivity index (χ2v) is 8.49. The van der Waals surface area contributed by atoms with E-state index < -0.39 is 21.7 Å². The van der Waals surface area contributed by atoms with E-state index in [4.69, 9.17) is 0 Å². The summed E-state index contributed by atoms with van der Waals surface area (Å²) in [6, 6.07) is 9.61. The lowest BCUT2D eigenvalue weighted by Gasteiger charge is -2.18. The highest BCUT2D eigenvalue weighted by Crippen LogP contribution is 2.26. The summed E-state index contributed by atoms with van der Waals surface area (Å²) in [7, 11) is -3.67. The predicted octanol–water partition coefficient (Wildman–Crippen LogP) is 4.44. The third-order valence-electron chi connectivity index (χ3n) is 4.52. The average molecular weight is 392 g/mol. The Morgan fingerprint density at radius 3 is 2.41 bits per heavy atom. The fourth-order valence-electron chi connectivity index (χ4n) is 3.08. The highest BCUT2D eigenvalue weighted by atomic mass is 32.2. The molecule has 0 aromatic heterocycles. The van der Waals surface area contributed by atoms with Gasteiger partial charge < -0.3 is 0 Å². The Kier molecular flexibility index (Phi) is 5.89. The van der Waals surface area contributed by atoms with Gasteiger partial charge in [0, 0.05) is 11.1 Å². The molecule has 1 aliphatic rings. The van der Waals surface area contributed by atoms with Crippen LogP contribution in [0.5, 0.6) is 0 Å². The zero-order chi connectivity index (χ0) is 19.4. The van der Waals surface area contributed by atoms with E-state index in [1.807, 2.05) is 0 Å². The SMILES string of the molecule is CCCCCCN1N=C(c2ccc(F)cc2)c2cc(F)ccc2CS1(=O)=O. The number of hydrogen-bond donors (Lipinski definition) is 0. The third kappa shape index (κ3) is 4.53. The summed E-state index contributed by atoms with van der Waals surface area (Å²) in [5.41, 5.74) is 1.77. The van der Waals surface area contributed by atoms with Crippen molar-refractivity contribution in [3.8, 4) is 0 Å². The van der Waals surface area contributed by atoms with Crippen molar-refractivity contribution in [3.05, 3.63) is 70.8 Å². The minimum absolute atomic E-state index is 0.245. The second kappa shape index (κ2) is 8.17. The van der Waals surface area contributed by atoms with Crippen molar-refractivity contribution < 1.29 is 17.2 Å². The number of hydrazone groups is 1. The molecule has 0 unspecified atom stereocenters. The van der Waals surface area contributed by atoms with Crippen molar-refractivity contribution in [1.29, 1.82) is 0 Å². The van der Waals surface area contributed by atoms with Gasteiger partial charge >= 0.3 is 0 Å². The molecular formula is C20H22F2N2O2S. The highest BCUT2D eigenvalue weighted by Gasteiger charge is 2.28. The van der Waals surface area contributed by atoms with E-state index in [2.05, 4.69) is 12.0 Å². The summed E-state index contributed by atoms with van der Waals surface area (Å²) in [6.07, 6.45) is 3.67. The number of unbranched alkanes of at least 4 members (excludes halogenated alkanes) is 3. The van der Waals surface area contributed by atoms with Crippen LogP contribution in [0.2, 0.25) is 0 Å². The zero-order valence-electron chi connectivity index (χ0n) is 15.2. The Bertz CT molecular complexity index is 941. The average Bonchev–Trinajstić information content (AvgIpc) is 2.73. The van der Waals surface area contributed by atoms with Gasteiger partial charge in [0.05, 0.1) is 18.0 Å². The fourth-order valence-corrected chi connectivity index (χ4v) is 4.48. The standard InChI is InChI=1S/C20H22F2N2O2S/c1-2-3-4-5-12-24-23-20(15-6-9-17(21)10-7-15)19-13-18(22)11-8-16(19)14-27(24,25)26/h6-11,13H,2-5,12,14H2,1H3. The van der Waals surface area contributed by atoms with Crippen LogP contribution in [0.15, 0.2) is 47.6 Å². The van der Waals surface area contributed by atoms with Gasteiger partial charge in [-0.2, -0.15) is 9.52 Å². The summed E-state index contributed by atoms with van der Waals surface area (Å²) in [5, 5.41) is 4.38. The van der Waals surface area contributed by atoms with Crippen LogP contribution >= 0.6 is 0 Å². The number of nitrogens with zero attached hydrogens (tertiary/aromatic N) is 2. The molecule has 7 heteroatoms. The van der Waals surface area contributed by atoms with Gasteiger partial charge in [0.15, 0.2) is 0 Å². The molecule has 3 rings (SSSR count). The summed E-state index contributed by atoms with van der Waals surface area (Å²) < 4.78 is 53.9. The summed E-state index contributed by atoms with van der Waals surface area (Å²) >= 11 is 0. The van der Waals surface area contributed by atoms with Gasteiger partial charge in [-0.3, -0.25) is 0 Å². The molecule has 1 aliphatic heterocycles. The lowest BCUT2D eigenvalue weighted by molar-refractivity contribution is 0.415. The minimum atomic E-state index is -3.67. The van der Waals surface area contributed by atoms with E-state index in [-0.39, 0.29) is 12.3 Å². The molecule has 0 bridgehead atoms. The molecule has 0 aliphatic carbocycles. The van der Waals surface area contributed by atoms with Gasteiger partial charge in [-0.1, -0.05) is 32.3 Å². The van der Waals surface area contributed by atoms with Gasteiger partial charge in [0.2, 0.25) is 0 Å².